The lowest BCUT2D eigenvalue weighted by Crippen LogP contribution is -2.67. The summed E-state index contributed by atoms with van der Waals surface area (Å²) in [6.45, 7) is 2.84. The molecule has 0 aromatic heterocycles. The Balaban J connectivity index is 2.38. The zero-order chi connectivity index (χ0) is 18.2. The molecule has 0 unspecified atom stereocenters. The molecule has 9 nitrogen and oxygen atoms in total. The van der Waals surface area contributed by atoms with E-state index in [2.05, 4.69) is 0 Å². The van der Waals surface area contributed by atoms with E-state index in [1.807, 2.05) is 0 Å². The van der Waals surface area contributed by atoms with Gasteiger partial charge in [0.2, 0.25) is 17.4 Å². The van der Waals surface area contributed by atoms with E-state index >= 15 is 0 Å². The number of nitrogens with zero attached hydrogens (tertiary/aromatic N) is 2. The second-order valence-corrected chi connectivity index (χ2v) is 6.35. The fourth-order valence-electron chi connectivity index (χ4n) is 3.21. The van der Waals surface area contributed by atoms with Gasteiger partial charge >= 0.3 is 5.97 Å². The number of amides is 3. The summed E-state index contributed by atoms with van der Waals surface area (Å²) in [7, 11) is 0. The third-order valence-corrected chi connectivity index (χ3v) is 4.65. The smallest absolute Gasteiger partial charge is 0.337 e. The van der Waals surface area contributed by atoms with E-state index in [1.54, 1.807) is 0 Å². The first-order valence-electron chi connectivity index (χ1n) is 7.82. The predicted octanol–water partition coefficient (Wildman–Crippen LogP) is -1.11. The molecule has 24 heavy (non-hydrogen) atoms. The molecule has 2 aliphatic rings. The number of carbonyl (C=O) groups excluding carboxylic acids is 4. The van der Waals surface area contributed by atoms with Crippen LogP contribution < -0.4 is 5.73 Å². The number of aliphatic carboxylic acids is 1. The van der Waals surface area contributed by atoms with E-state index in [0.717, 1.165) is 6.92 Å². The van der Waals surface area contributed by atoms with Crippen LogP contribution in [0.15, 0.2) is 0 Å². The molecule has 0 radical (unpaired) electrons. The summed E-state index contributed by atoms with van der Waals surface area (Å²) >= 11 is 0. The molecular formula is C15H21N3O6. The van der Waals surface area contributed by atoms with Crippen LogP contribution >= 0.6 is 0 Å². The summed E-state index contributed by atoms with van der Waals surface area (Å²) in [4.78, 5) is 62.8. The molecule has 0 aromatic rings. The van der Waals surface area contributed by atoms with Crippen LogP contribution in [-0.2, 0) is 24.0 Å². The van der Waals surface area contributed by atoms with Crippen molar-refractivity contribution in [3.05, 3.63) is 0 Å². The number of ketones is 1. The van der Waals surface area contributed by atoms with Gasteiger partial charge in [-0.15, -0.1) is 0 Å². The largest absolute Gasteiger partial charge is 0.479 e. The van der Waals surface area contributed by atoms with Gasteiger partial charge in [-0.25, -0.2) is 4.79 Å². The van der Waals surface area contributed by atoms with Gasteiger partial charge in [0.15, 0.2) is 5.78 Å². The van der Waals surface area contributed by atoms with Crippen molar-refractivity contribution in [2.45, 2.75) is 57.2 Å². The highest BCUT2D eigenvalue weighted by Crippen LogP contribution is 2.30. The van der Waals surface area contributed by atoms with E-state index in [4.69, 9.17) is 5.73 Å². The first-order valence-corrected chi connectivity index (χ1v) is 7.82. The van der Waals surface area contributed by atoms with Gasteiger partial charge in [0.05, 0.1) is 6.04 Å². The zero-order valence-electron chi connectivity index (χ0n) is 13.7. The van der Waals surface area contributed by atoms with Gasteiger partial charge in [-0.05, 0) is 26.7 Å². The maximum absolute atomic E-state index is 12.9. The molecule has 2 heterocycles. The van der Waals surface area contributed by atoms with E-state index in [0.29, 0.717) is 24.3 Å². The number of rotatable bonds is 3. The van der Waals surface area contributed by atoms with Crippen LogP contribution in [0.5, 0.6) is 0 Å². The Kier molecular flexibility index (Phi) is 4.75. The predicted molar refractivity (Wildman–Crippen MR) is 80.5 cm³/mol. The highest BCUT2D eigenvalue weighted by molar-refractivity contribution is 6.18. The van der Waals surface area contributed by atoms with Crippen molar-refractivity contribution < 1.29 is 29.1 Å². The van der Waals surface area contributed by atoms with Crippen molar-refractivity contribution in [2.24, 2.45) is 5.73 Å². The Morgan fingerprint density at radius 1 is 1.29 bits per heavy atom. The number of carbonyl (C=O) groups is 5. The second kappa shape index (κ2) is 6.31. The molecule has 0 spiro atoms. The molecule has 2 aliphatic heterocycles. The zero-order valence-corrected chi connectivity index (χ0v) is 13.7. The average molecular weight is 339 g/mol. The van der Waals surface area contributed by atoms with Crippen LogP contribution in [0.4, 0.5) is 0 Å². The van der Waals surface area contributed by atoms with Gasteiger partial charge < -0.3 is 15.7 Å². The van der Waals surface area contributed by atoms with Crippen LogP contribution in [-0.4, -0.2) is 68.5 Å². The molecule has 2 fully saturated rings. The molecule has 2 saturated heterocycles. The minimum absolute atomic E-state index is 0.221. The Bertz CT molecular complexity index is 616. The molecule has 0 bridgehead atoms. The van der Waals surface area contributed by atoms with E-state index in [9.17, 15) is 29.1 Å². The topological polar surface area (TPSA) is 138 Å². The summed E-state index contributed by atoms with van der Waals surface area (Å²) in [6.07, 6.45) is 0.388. The van der Waals surface area contributed by atoms with Gasteiger partial charge in [0.25, 0.3) is 5.91 Å². The Morgan fingerprint density at radius 2 is 1.92 bits per heavy atom. The number of nitrogens with two attached hydrogens (primary N) is 1. The van der Waals surface area contributed by atoms with Gasteiger partial charge in [0, 0.05) is 19.4 Å². The Hall–Kier alpha value is -2.29. The van der Waals surface area contributed by atoms with Crippen LogP contribution in [0, 0.1) is 0 Å². The number of hydrogen-bond acceptors (Lipinski definition) is 6. The molecule has 0 aromatic carbocycles. The molecular weight excluding hydrogens is 318 g/mol. The number of likely N-dealkylation sites (tertiary alicyclic amines) is 2. The average Bonchev–Trinajstić information content (AvgIpc) is 2.99. The third kappa shape index (κ3) is 2.68. The van der Waals surface area contributed by atoms with Crippen LogP contribution in [0.25, 0.3) is 0 Å². The quantitative estimate of drug-likeness (QED) is 0.491. The minimum atomic E-state index is -2.24. The molecule has 132 valence electrons. The maximum atomic E-state index is 12.9. The fraction of sp³-hybridized carbons (Fsp3) is 0.667. The highest BCUT2D eigenvalue weighted by atomic mass is 16.4. The number of imide groups is 1. The second-order valence-electron chi connectivity index (χ2n) is 6.35. The van der Waals surface area contributed by atoms with Gasteiger partial charge in [-0.2, -0.15) is 0 Å². The summed E-state index contributed by atoms with van der Waals surface area (Å²) < 4.78 is 0. The highest BCUT2D eigenvalue weighted by Gasteiger charge is 2.56. The first-order chi connectivity index (χ1) is 11.1. The van der Waals surface area contributed by atoms with E-state index in [-0.39, 0.29) is 12.8 Å². The van der Waals surface area contributed by atoms with Gasteiger partial charge in [-0.1, -0.05) is 0 Å². The summed E-state index contributed by atoms with van der Waals surface area (Å²) in [5.41, 5.74) is 3.34. The van der Waals surface area contributed by atoms with E-state index in [1.165, 1.54) is 11.8 Å². The van der Waals surface area contributed by atoms with Crippen LogP contribution in [0.3, 0.4) is 0 Å². The standard InChI is InChI=1S/C15H21N3O6/c1-8(16)12(21)17-7-3-4-9(17)13(22)18-11(20)6-5-10(19)15(18,2)14(23)24/h8-9H,3-7,16H2,1-2H3,(H,23,24)/t8-,9-,15+/m0/s1. The Labute approximate surface area is 138 Å². The van der Waals surface area contributed by atoms with Crippen molar-refractivity contribution in [3.8, 4) is 0 Å². The molecule has 3 amide bonds. The molecule has 0 saturated carbocycles. The van der Waals surface area contributed by atoms with Gasteiger partial charge in [0.1, 0.15) is 6.04 Å². The monoisotopic (exact) mass is 339 g/mol. The molecule has 2 rings (SSSR count). The van der Waals surface area contributed by atoms with Crippen molar-refractivity contribution in [1.29, 1.82) is 0 Å². The normalized spacial score (nSPS) is 28.9. The van der Waals surface area contributed by atoms with Crippen LogP contribution in [0.2, 0.25) is 0 Å². The number of piperidine rings is 1. The Morgan fingerprint density at radius 3 is 2.46 bits per heavy atom. The van der Waals surface area contributed by atoms with Crippen molar-refractivity contribution in [2.75, 3.05) is 6.54 Å². The third-order valence-electron chi connectivity index (χ3n) is 4.65. The van der Waals surface area contributed by atoms with Gasteiger partial charge in [-0.3, -0.25) is 24.1 Å². The van der Waals surface area contributed by atoms with Crippen LogP contribution in [0.1, 0.15) is 39.5 Å². The molecule has 3 N–H and O–H groups in total. The minimum Gasteiger partial charge on any atom is -0.479 e. The lowest BCUT2D eigenvalue weighted by atomic mass is 9.85. The molecule has 0 aliphatic carbocycles. The number of carboxylic acids is 1. The van der Waals surface area contributed by atoms with Crippen molar-refractivity contribution in [1.82, 2.24) is 9.80 Å². The van der Waals surface area contributed by atoms with E-state index < -0.39 is 47.1 Å². The maximum Gasteiger partial charge on any atom is 0.337 e. The fourth-order valence-corrected chi connectivity index (χ4v) is 3.21. The number of carboxylic acid groups (broad SMARTS) is 1. The SMILES string of the molecule is C[C@H](N)C(=O)N1CCC[C@H]1C(=O)N1C(=O)CCC(=O)[C@]1(C)C(=O)O. The lowest BCUT2D eigenvalue weighted by molar-refractivity contribution is -0.174. The first kappa shape index (κ1) is 18.1. The number of hydrogen-bond donors (Lipinski definition) is 2. The lowest BCUT2D eigenvalue weighted by Gasteiger charge is -2.40. The molecule has 9 heteroatoms. The van der Waals surface area contributed by atoms with Crippen molar-refractivity contribution >= 4 is 29.5 Å². The number of Topliss-reactive ketones (excluding diaryl/α,β-unsaturated/α-hetero) is 1. The summed E-state index contributed by atoms with van der Waals surface area (Å²) in [5.74, 6) is -4.25. The summed E-state index contributed by atoms with van der Waals surface area (Å²) in [6, 6.07) is -1.79. The summed E-state index contributed by atoms with van der Waals surface area (Å²) in [5, 5.41) is 9.44. The molecule has 3 atom stereocenters. The van der Waals surface area contributed by atoms with Crippen molar-refractivity contribution in [3.63, 3.8) is 0 Å².